The number of benzene rings is 3. The van der Waals surface area contributed by atoms with E-state index < -0.39 is 11.9 Å². The molecule has 0 radical (unpaired) electrons. The summed E-state index contributed by atoms with van der Waals surface area (Å²) in [5.74, 6) is -0.856. The van der Waals surface area contributed by atoms with Crippen LogP contribution in [-0.4, -0.2) is 17.0 Å². The summed E-state index contributed by atoms with van der Waals surface area (Å²) in [5.41, 5.74) is 2.31. The minimum atomic E-state index is -0.974. The number of rotatable bonds is 7. The van der Waals surface area contributed by atoms with Gasteiger partial charge in [-0.2, -0.15) is 5.26 Å². The molecule has 0 aliphatic heterocycles. The lowest BCUT2D eigenvalue weighted by atomic mass is 10.1. The molecule has 0 heterocycles. The van der Waals surface area contributed by atoms with E-state index >= 15 is 0 Å². The molecule has 7 heteroatoms. The molecule has 0 saturated carbocycles. The topological polar surface area (TPSA) is 99.4 Å². The highest BCUT2D eigenvalue weighted by molar-refractivity contribution is 9.10. The zero-order chi connectivity index (χ0) is 22.2. The Balaban J connectivity index is 1.61. The fraction of sp³-hybridized carbons (Fsp3) is 0.0417. The van der Waals surface area contributed by atoms with Gasteiger partial charge in [0.1, 0.15) is 24.0 Å². The normalized spacial score (nSPS) is 10.8. The van der Waals surface area contributed by atoms with Crippen LogP contribution in [0.1, 0.15) is 21.5 Å². The fourth-order valence-electron chi connectivity index (χ4n) is 2.62. The van der Waals surface area contributed by atoms with Crippen LogP contribution in [0.15, 0.2) is 82.8 Å². The maximum absolute atomic E-state index is 12.4. The van der Waals surface area contributed by atoms with E-state index in [2.05, 4.69) is 21.2 Å². The summed E-state index contributed by atoms with van der Waals surface area (Å²) in [4.78, 5) is 23.2. The van der Waals surface area contributed by atoms with Gasteiger partial charge in [0.25, 0.3) is 5.91 Å². The number of amides is 1. The van der Waals surface area contributed by atoms with Crippen molar-refractivity contribution in [2.75, 3.05) is 5.32 Å². The molecule has 3 aromatic rings. The molecule has 0 aliphatic rings. The van der Waals surface area contributed by atoms with Gasteiger partial charge in [-0.15, -0.1) is 0 Å². The van der Waals surface area contributed by atoms with E-state index in [0.717, 1.165) is 10.0 Å². The molecule has 0 atom stereocenters. The summed E-state index contributed by atoms with van der Waals surface area (Å²) in [7, 11) is 0. The highest BCUT2D eigenvalue weighted by atomic mass is 79.9. The number of ether oxygens (including phenoxy) is 1. The number of anilines is 1. The number of carboxylic acids is 1. The van der Waals surface area contributed by atoms with Crippen LogP contribution in [0.2, 0.25) is 0 Å². The average molecular weight is 477 g/mol. The summed E-state index contributed by atoms with van der Waals surface area (Å²) in [6, 6.07) is 22.4. The third-order valence-electron chi connectivity index (χ3n) is 4.26. The molecule has 3 rings (SSSR count). The summed E-state index contributed by atoms with van der Waals surface area (Å²) in [6.07, 6.45) is 1.50. The first kappa shape index (κ1) is 21.8. The highest BCUT2D eigenvalue weighted by Crippen LogP contribution is 2.18. The van der Waals surface area contributed by atoms with Crippen LogP contribution < -0.4 is 10.1 Å². The minimum absolute atomic E-state index is 0.0184. The Labute approximate surface area is 187 Å². The fourth-order valence-corrected chi connectivity index (χ4v) is 2.88. The van der Waals surface area contributed by atoms with E-state index in [1.54, 1.807) is 60.7 Å². The first-order valence-corrected chi connectivity index (χ1v) is 9.98. The van der Waals surface area contributed by atoms with Gasteiger partial charge in [0.2, 0.25) is 0 Å². The SMILES string of the molecule is N#C/C(=C/c1ccc(OCc2ccc(C(=O)O)cc2)cc1)C(=O)Nc1ccc(Br)cc1. The number of nitrogens with one attached hydrogen (secondary N) is 1. The number of hydrogen-bond acceptors (Lipinski definition) is 4. The third kappa shape index (κ3) is 6.29. The van der Waals surface area contributed by atoms with Crippen molar-refractivity contribution in [3.8, 4) is 11.8 Å². The number of aromatic carboxylic acids is 1. The van der Waals surface area contributed by atoms with E-state index in [1.165, 1.54) is 18.2 Å². The van der Waals surface area contributed by atoms with Crippen molar-refractivity contribution in [3.05, 3.63) is 99.5 Å². The minimum Gasteiger partial charge on any atom is -0.489 e. The predicted molar refractivity (Wildman–Crippen MR) is 121 cm³/mol. The number of carbonyl (C=O) groups excluding carboxylic acids is 1. The number of nitrogens with zero attached hydrogens (tertiary/aromatic N) is 1. The summed E-state index contributed by atoms with van der Waals surface area (Å²) in [6.45, 7) is 0.286. The van der Waals surface area contributed by atoms with Gasteiger partial charge in [0.15, 0.2) is 0 Å². The Bertz CT molecular complexity index is 1150. The monoisotopic (exact) mass is 476 g/mol. The Morgan fingerprint density at radius 1 is 1.00 bits per heavy atom. The van der Waals surface area contributed by atoms with Crippen LogP contribution in [0.25, 0.3) is 6.08 Å². The lowest BCUT2D eigenvalue weighted by molar-refractivity contribution is -0.112. The van der Waals surface area contributed by atoms with Crippen LogP contribution in [0.4, 0.5) is 5.69 Å². The summed E-state index contributed by atoms with van der Waals surface area (Å²) < 4.78 is 6.59. The van der Waals surface area contributed by atoms with Gasteiger partial charge in [0, 0.05) is 10.2 Å². The Hall–Kier alpha value is -3.89. The third-order valence-corrected chi connectivity index (χ3v) is 4.79. The van der Waals surface area contributed by atoms with Gasteiger partial charge >= 0.3 is 5.97 Å². The molecule has 0 unspecified atom stereocenters. The maximum atomic E-state index is 12.4. The zero-order valence-electron chi connectivity index (χ0n) is 16.2. The second-order valence-corrected chi connectivity index (χ2v) is 7.41. The summed E-state index contributed by atoms with van der Waals surface area (Å²) in [5, 5.41) is 21.0. The van der Waals surface area contributed by atoms with Gasteiger partial charge in [-0.25, -0.2) is 4.79 Å². The van der Waals surface area contributed by atoms with Crippen molar-refractivity contribution in [3.63, 3.8) is 0 Å². The zero-order valence-corrected chi connectivity index (χ0v) is 17.8. The molecule has 154 valence electrons. The van der Waals surface area contributed by atoms with Crippen molar-refractivity contribution in [1.29, 1.82) is 5.26 Å². The molecule has 1 amide bonds. The second-order valence-electron chi connectivity index (χ2n) is 6.49. The lowest BCUT2D eigenvalue weighted by Crippen LogP contribution is -2.13. The molecular weight excluding hydrogens is 460 g/mol. The van der Waals surface area contributed by atoms with E-state index in [1.807, 2.05) is 6.07 Å². The second kappa shape index (κ2) is 10.2. The molecule has 0 aromatic heterocycles. The van der Waals surface area contributed by atoms with E-state index in [9.17, 15) is 14.9 Å². The van der Waals surface area contributed by atoms with Crippen molar-refractivity contribution in [2.24, 2.45) is 0 Å². The Morgan fingerprint density at radius 3 is 2.23 bits per heavy atom. The van der Waals surface area contributed by atoms with Crippen LogP contribution in [0.3, 0.4) is 0 Å². The van der Waals surface area contributed by atoms with Gasteiger partial charge in [0.05, 0.1) is 5.56 Å². The molecule has 0 aliphatic carbocycles. The molecular formula is C24H17BrN2O4. The quantitative estimate of drug-likeness (QED) is 0.357. The number of carbonyl (C=O) groups is 2. The first-order valence-electron chi connectivity index (χ1n) is 9.18. The number of halogens is 1. The molecule has 0 bridgehead atoms. The van der Waals surface area contributed by atoms with Gasteiger partial charge in [-0.05, 0) is 65.7 Å². The van der Waals surface area contributed by atoms with E-state index in [-0.39, 0.29) is 17.7 Å². The van der Waals surface area contributed by atoms with Crippen molar-refractivity contribution in [2.45, 2.75) is 6.61 Å². The van der Waals surface area contributed by atoms with Crippen LogP contribution >= 0.6 is 15.9 Å². The van der Waals surface area contributed by atoms with Crippen molar-refractivity contribution < 1.29 is 19.4 Å². The summed E-state index contributed by atoms with van der Waals surface area (Å²) >= 11 is 3.33. The Kier molecular flexibility index (Phi) is 7.20. The number of nitriles is 1. The van der Waals surface area contributed by atoms with Crippen LogP contribution in [0.5, 0.6) is 5.75 Å². The maximum Gasteiger partial charge on any atom is 0.335 e. The number of hydrogen-bond donors (Lipinski definition) is 2. The van der Waals surface area contributed by atoms with Crippen molar-refractivity contribution in [1.82, 2.24) is 0 Å². The molecule has 0 fully saturated rings. The molecule has 0 saturated heterocycles. The van der Waals surface area contributed by atoms with Crippen LogP contribution in [0, 0.1) is 11.3 Å². The predicted octanol–water partition coefficient (Wildman–Crippen LogP) is 5.27. The van der Waals surface area contributed by atoms with E-state index in [0.29, 0.717) is 17.0 Å². The largest absolute Gasteiger partial charge is 0.489 e. The van der Waals surface area contributed by atoms with Gasteiger partial charge < -0.3 is 15.2 Å². The molecule has 3 aromatic carbocycles. The lowest BCUT2D eigenvalue weighted by Gasteiger charge is -2.07. The molecule has 2 N–H and O–H groups in total. The van der Waals surface area contributed by atoms with Gasteiger partial charge in [-0.3, -0.25) is 4.79 Å². The molecule has 31 heavy (non-hydrogen) atoms. The van der Waals surface area contributed by atoms with Gasteiger partial charge in [-0.1, -0.05) is 40.2 Å². The standard InChI is InChI=1S/C24H17BrN2O4/c25-20-7-9-21(10-8-20)27-23(28)19(14-26)13-16-3-11-22(12-4-16)31-15-17-1-5-18(6-2-17)24(29)30/h1-13H,15H2,(H,27,28)(H,29,30)/b19-13-. The van der Waals surface area contributed by atoms with E-state index in [4.69, 9.17) is 9.84 Å². The molecule has 6 nitrogen and oxygen atoms in total. The number of carboxylic acid groups (broad SMARTS) is 1. The average Bonchev–Trinajstić information content (AvgIpc) is 2.78. The van der Waals surface area contributed by atoms with Crippen molar-refractivity contribution >= 4 is 39.6 Å². The Morgan fingerprint density at radius 2 is 1.65 bits per heavy atom. The van der Waals surface area contributed by atoms with Crippen LogP contribution in [-0.2, 0) is 11.4 Å². The molecule has 0 spiro atoms. The highest BCUT2D eigenvalue weighted by Gasteiger charge is 2.10. The smallest absolute Gasteiger partial charge is 0.335 e. The first-order chi connectivity index (χ1) is 14.9.